The van der Waals surface area contributed by atoms with Gasteiger partial charge in [-0.25, -0.2) is 0 Å². The predicted molar refractivity (Wildman–Crippen MR) is 137 cm³/mol. The second kappa shape index (κ2) is 9.49. The summed E-state index contributed by atoms with van der Waals surface area (Å²) in [6.45, 7) is 10.1. The minimum absolute atomic E-state index is 0.307. The van der Waals surface area contributed by atoms with Gasteiger partial charge < -0.3 is 0 Å². The van der Waals surface area contributed by atoms with Crippen LogP contribution in [0, 0.1) is 5.41 Å². The molecule has 0 bridgehead atoms. The van der Waals surface area contributed by atoms with E-state index in [1.165, 1.54) is 0 Å². The summed E-state index contributed by atoms with van der Waals surface area (Å²) in [6.07, 6.45) is 0. The van der Waals surface area contributed by atoms with Gasteiger partial charge >= 0.3 is 212 Å². The topological polar surface area (TPSA) is 51.2 Å². The van der Waals surface area contributed by atoms with Crippen LogP contribution in [0.15, 0.2) is 112 Å². The fourth-order valence-electron chi connectivity index (χ4n) is 5.41. The van der Waals surface area contributed by atoms with Crippen molar-refractivity contribution in [2.45, 2.75) is 34.6 Å². The van der Waals surface area contributed by atoms with Crippen LogP contribution < -0.4 is 0 Å². The van der Waals surface area contributed by atoms with E-state index >= 15 is 0 Å². The molecule has 4 rings (SSSR count). The first-order chi connectivity index (χ1) is 16.6. The van der Waals surface area contributed by atoms with Gasteiger partial charge in [-0.2, -0.15) is 0 Å². The predicted octanol–water partition coefficient (Wildman–Crippen LogP) is 7.31. The first-order valence-corrected chi connectivity index (χ1v) is 15.0. The summed E-state index contributed by atoms with van der Waals surface area (Å²) < 4.78 is -0.168. The van der Waals surface area contributed by atoms with Crippen molar-refractivity contribution in [1.29, 1.82) is 0 Å². The summed E-state index contributed by atoms with van der Waals surface area (Å²) >= 11 is -5.03. The Bertz CT molecular complexity index is 1240. The molecule has 0 aliphatic heterocycles. The molecule has 35 heavy (non-hydrogen) atoms. The second-order valence-corrected chi connectivity index (χ2v) is 15.0. The molecule has 0 aromatic heterocycles. The van der Waals surface area contributed by atoms with Crippen molar-refractivity contribution in [3.8, 4) is 0 Å². The summed E-state index contributed by atoms with van der Waals surface area (Å²) in [4.78, 5) is 44.2. The van der Waals surface area contributed by atoms with Gasteiger partial charge in [-0.05, 0) is 0 Å². The summed E-state index contributed by atoms with van der Waals surface area (Å²) in [5.41, 5.74) is 3.72. The summed E-state index contributed by atoms with van der Waals surface area (Å²) in [5.74, 6) is 0. The van der Waals surface area contributed by atoms with Crippen molar-refractivity contribution in [2.24, 2.45) is 5.41 Å². The van der Waals surface area contributed by atoms with Crippen LogP contribution in [-0.4, -0.2) is 12.3 Å². The number of hydrogen-bond donors (Lipinski definition) is 0. The van der Waals surface area contributed by atoms with Crippen molar-refractivity contribution in [1.82, 2.24) is 0 Å². The number of rotatable bonds is 7. The molecule has 0 heterocycles. The third-order valence-corrected chi connectivity index (χ3v) is 14.8. The van der Waals surface area contributed by atoms with Crippen LogP contribution >= 0.6 is 0 Å². The van der Waals surface area contributed by atoms with Gasteiger partial charge in [-0.3, -0.25) is 0 Å². The Morgan fingerprint density at radius 2 is 0.857 bits per heavy atom. The van der Waals surface area contributed by atoms with E-state index in [2.05, 4.69) is 0 Å². The molecule has 3 aromatic carbocycles. The average Bonchev–Trinajstić information content (AvgIpc) is 3.05. The summed E-state index contributed by atoms with van der Waals surface area (Å²) in [5, 5.41) is 0. The molecule has 0 saturated carbocycles. The van der Waals surface area contributed by atoms with Crippen LogP contribution in [0.1, 0.15) is 65.7 Å². The number of carbonyl (C=O) groups is 3. The van der Waals surface area contributed by atoms with Crippen LogP contribution in [0.4, 0.5) is 0 Å². The van der Waals surface area contributed by atoms with Gasteiger partial charge in [0.05, 0.1) is 0 Å². The zero-order chi connectivity index (χ0) is 25.4. The molecule has 1 aliphatic rings. The van der Waals surface area contributed by atoms with Crippen LogP contribution in [0.2, 0.25) is 0 Å². The molecule has 0 unspecified atom stereocenters. The van der Waals surface area contributed by atoms with Crippen LogP contribution in [0.25, 0.3) is 0 Å². The van der Waals surface area contributed by atoms with E-state index in [9.17, 15) is 14.4 Å². The Kier molecular flexibility index (Phi) is 6.77. The molecule has 0 saturated heterocycles. The van der Waals surface area contributed by atoms with E-state index in [-0.39, 0.29) is 12.3 Å². The Labute approximate surface area is 210 Å². The van der Waals surface area contributed by atoms with E-state index in [0.29, 0.717) is 16.7 Å². The zero-order valence-electron chi connectivity index (χ0n) is 20.9. The Morgan fingerprint density at radius 3 is 1.11 bits per heavy atom. The van der Waals surface area contributed by atoms with Crippen LogP contribution in [0.3, 0.4) is 0 Å². The molecule has 3 aromatic rings. The fourth-order valence-corrected chi connectivity index (χ4v) is 13.2. The Hall–Kier alpha value is -3.14. The standard InChI is InChI=1S/C10H15.3C7H5O.Ti/c1-7-6-10(4,5)9(3)8(7)2;3*8-6-7-4-2-1-3-5-7;/h1-5H3;3*1-5H;. The van der Waals surface area contributed by atoms with Gasteiger partial charge in [0.25, 0.3) is 0 Å². The zero-order valence-corrected chi connectivity index (χ0v) is 22.4. The number of carbonyl (C=O) groups excluding carboxylic acids is 3. The van der Waals surface area contributed by atoms with Crippen molar-refractivity contribution in [3.05, 3.63) is 128 Å². The number of benzene rings is 3. The van der Waals surface area contributed by atoms with Gasteiger partial charge in [0.15, 0.2) is 0 Å². The van der Waals surface area contributed by atoms with Crippen molar-refractivity contribution in [3.63, 3.8) is 0 Å². The summed E-state index contributed by atoms with van der Waals surface area (Å²) in [7, 11) is 0. The van der Waals surface area contributed by atoms with E-state index < -0.39 is 22.0 Å². The van der Waals surface area contributed by atoms with E-state index in [0.717, 1.165) is 20.6 Å². The van der Waals surface area contributed by atoms with Crippen molar-refractivity contribution >= 4 is 12.3 Å². The molecule has 176 valence electrons. The third-order valence-electron chi connectivity index (χ3n) is 7.57. The summed E-state index contributed by atoms with van der Waals surface area (Å²) in [6, 6.07) is 26.6. The van der Waals surface area contributed by atoms with Gasteiger partial charge in [-0.15, -0.1) is 0 Å². The van der Waals surface area contributed by atoms with E-state index in [1.807, 2.05) is 52.8 Å². The SMILES string of the molecule is CC1=C(C)C(C)(C)[C]([Ti]([C](=O)c2ccccc2)([C](=O)c2ccccc2)[C](=O)c2ccccc2)=C1C. The number of hydrogen-bond acceptors (Lipinski definition) is 3. The van der Waals surface area contributed by atoms with Crippen LogP contribution in [0.5, 0.6) is 0 Å². The molecule has 1 aliphatic carbocycles. The molecule has 4 heteroatoms. The first-order valence-electron chi connectivity index (χ1n) is 11.8. The quantitative estimate of drug-likeness (QED) is 0.321. The van der Waals surface area contributed by atoms with Gasteiger partial charge in [0, 0.05) is 0 Å². The average molecular weight is 498 g/mol. The molecule has 0 amide bonds. The first kappa shape index (κ1) is 25.0. The maximum absolute atomic E-state index is 14.7. The minimum atomic E-state index is -5.03. The third kappa shape index (κ3) is 3.93. The van der Waals surface area contributed by atoms with Crippen molar-refractivity contribution < 1.29 is 31.0 Å². The molecule has 0 N–H and O–H groups in total. The molecular formula is C31H30O3Ti. The second-order valence-electron chi connectivity index (χ2n) is 9.71. The number of allylic oxidation sites excluding steroid dienone is 4. The van der Waals surface area contributed by atoms with E-state index in [1.54, 1.807) is 72.8 Å². The maximum atomic E-state index is 14.7. The Balaban J connectivity index is 2.15. The van der Waals surface area contributed by atoms with Gasteiger partial charge in [0.2, 0.25) is 0 Å². The monoisotopic (exact) mass is 498 g/mol. The molecule has 0 atom stereocenters. The van der Waals surface area contributed by atoms with Crippen molar-refractivity contribution in [2.75, 3.05) is 0 Å². The molecule has 0 fully saturated rings. The Morgan fingerprint density at radius 1 is 0.543 bits per heavy atom. The molecule has 0 spiro atoms. The van der Waals surface area contributed by atoms with E-state index in [4.69, 9.17) is 0 Å². The normalized spacial score (nSPS) is 15.3. The van der Waals surface area contributed by atoms with Gasteiger partial charge in [-0.1, -0.05) is 0 Å². The molecule has 3 nitrogen and oxygen atoms in total. The van der Waals surface area contributed by atoms with Gasteiger partial charge in [0.1, 0.15) is 0 Å². The molecule has 0 radical (unpaired) electrons. The fraction of sp³-hybridized carbons (Fsp3) is 0.194. The van der Waals surface area contributed by atoms with Crippen LogP contribution in [-0.2, 0) is 16.6 Å². The molecular weight excluding hydrogens is 468 g/mol.